The Hall–Kier alpha value is -2.89. The molecule has 3 aromatic rings. The van der Waals surface area contributed by atoms with Crippen LogP contribution in [0.5, 0.6) is 5.88 Å². The van der Waals surface area contributed by atoms with Crippen LogP contribution < -0.4 is 4.74 Å². The molecule has 3 heterocycles. The molecule has 6 heteroatoms. The number of aryl methyl sites for hydroxylation is 1. The number of fused-ring (bicyclic) bond motifs is 1. The van der Waals surface area contributed by atoms with Gasteiger partial charge in [-0.05, 0) is 30.9 Å². The molecule has 2 aromatic heterocycles. The number of aromatic amines is 1. The van der Waals surface area contributed by atoms with Crippen LogP contribution in [-0.4, -0.2) is 46.2 Å². The first-order chi connectivity index (χ1) is 13.2. The second-order valence-corrected chi connectivity index (χ2v) is 6.96. The van der Waals surface area contributed by atoms with Crippen molar-refractivity contribution in [3.63, 3.8) is 0 Å². The molecule has 0 unspecified atom stereocenters. The van der Waals surface area contributed by atoms with Crippen molar-refractivity contribution in [2.24, 2.45) is 0 Å². The molecule has 1 aromatic carbocycles. The molecule has 1 N–H and O–H groups in total. The highest BCUT2D eigenvalue weighted by atomic mass is 16.5. The van der Waals surface area contributed by atoms with Crippen LogP contribution in [0.2, 0.25) is 0 Å². The standard InChI is InChI=1S/C21H24N4O2/c1-3-14-13-22-24-20(14)15-8-10-25(11-9-15)21(26)17-12-19(27-2)23-18-7-5-4-6-16(17)18/h4-7,12-13,15H,3,8-11H2,1-2H3,(H,22,24). The minimum atomic E-state index is 0.0469. The van der Waals surface area contributed by atoms with Crippen molar-refractivity contribution in [3.05, 3.63) is 53.3 Å². The number of carbonyl (C=O) groups is 1. The number of H-pyrrole nitrogens is 1. The van der Waals surface area contributed by atoms with Gasteiger partial charge in [-0.2, -0.15) is 5.10 Å². The van der Waals surface area contributed by atoms with Gasteiger partial charge in [-0.3, -0.25) is 9.89 Å². The van der Waals surface area contributed by atoms with Gasteiger partial charge in [0, 0.05) is 36.2 Å². The van der Waals surface area contributed by atoms with Crippen LogP contribution in [-0.2, 0) is 6.42 Å². The Morgan fingerprint density at radius 3 is 2.81 bits per heavy atom. The zero-order chi connectivity index (χ0) is 18.8. The van der Waals surface area contributed by atoms with Gasteiger partial charge in [-0.15, -0.1) is 0 Å². The zero-order valence-electron chi connectivity index (χ0n) is 15.7. The van der Waals surface area contributed by atoms with E-state index in [9.17, 15) is 4.79 Å². The number of hydrogen-bond acceptors (Lipinski definition) is 4. The third-order valence-electron chi connectivity index (χ3n) is 5.45. The first-order valence-electron chi connectivity index (χ1n) is 9.46. The van der Waals surface area contributed by atoms with Gasteiger partial charge in [-0.1, -0.05) is 25.1 Å². The van der Waals surface area contributed by atoms with Crippen molar-refractivity contribution in [2.45, 2.75) is 32.1 Å². The van der Waals surface area contributed by atoms with Crippen molar-refractivity contribution < 1.29 is 9.53 Å². The number of pyridine rings is 1. The number of carbonyl (C=O) groups excluding carboxylic acids is 1. The monoisotopic (exact) mass is 364 g/mol. The Balaban J connectivity index is 1.56. The Bertz CT molecular complexity index is 958. The van der Waals surface area contributed by atoms with Crippen LogP contribution in [0.1, 0.15) is 47.3 Å². The molecule has 0 aliphatic carbocycles. The van der Waals surface area contributed by atoms with E-state index < -0.39 is 0 Å². The van der Waals surface area contributed by atoms with Gasteiger partial charge in [0.05, 0.1) is 24.4 Å². The highest BCUT2D eigenvalue weighted by Crippen LogP contribution is 2.31. The molecule has 0 radical (unpaired) electrons. The summed E-state index contributed by atoms with van der Waals surface area (Å²) in [7, 11) is 1.58. The van der Waals surface area contributed by atoms with E-state index in [1.807, 2.05) is 35.4 Å². The largest absolute Gasteiger partial charge is 0.481 e. The Morgan fingerprint density at radius 1 is 1.30 bits per heavy atom. The average Bonchev–Trinajstić information content (AvgIpc) is 3.21. The van der Waals surface area contributed by atoms with Gasteiger partial charge in [0.1, 0.15) is 0 Å². The molecule has 6 nitrogen and oxygen atoms in total. The number of methoxy groups -OCH3 is 1. The Labute approximate surface area is 158 Å². The summed E-state index contributed by atoms with van der Waals surface area (Å²) >= 11 is 0. The molecule has 0 atom stereocenters. The van der Waals surface area contributed by atoms with Gasteiger partial charge >= 0.3 is 0 Å². The smallest absolute Gasteiger partial charge is 0.254 e. The van der Waals surface area contributed by atoms with Crippen molar-refractivity contribution >= 4 is 16.8 Å². The Kier molecular flexibility index (Phi) is 4.79. The lowest BCUT2D eigenvalue weighted by Gasteiger charge is -2.32. The number of nitrogens with zero attached hydrogens (tertiary/aromatic N) is 3. The SMILES string of the molecule is CCc1cn[nH]c1C1CCN(C(=O)c2cc(OC)nc3ccccc23)CC1. The number of rotatable bonds is 4. The summed E-state index contributed by atoms with van der Waals surface area (Å²) in [6, 6.07) is 9.46. The number of ether oxygens (including phenoxy) is 1. The molecule has 1 saturated heterocycles. The molecule has 0 spiro atoms. The zero-order valence-corrected chi connectivity index (χ0v) is 15.7. The first kappa shape index (κ1) is 17.5. The molecule has 4 rings (SSSR count). The maximum absolute atomic E-state index is 13.2. The predicted molar refractivity (Wildman–Crippen MR) is 104 cm³/mol. The number of amides is 1. The lowest BCUT2D eigenvalue weighted by molar-refractivity contribution is 0.0713. The minimum Gasteiger partial charge on any atom is -0.481 e. The number of para-hydroxylation sites is 1. The summed E-state index contributed by atoms with van der Waals surface area (Å²) in [5, 5.41) is 8.23. The van der Waals surface area contributed by atoms with Gasteiger partial charge < -0.3 is 9.64 Å². The van der Waals surface area contributed by atoms with E-state index in [-0.39, 0.29) is 5.91 Å². The minimum absolute atomic E-state index is 0.0469. The quantitative estimate of drug-likeness (QED) is 0.768. The predicted octanol–water partition coefficient (Wildman–Crippen LogP) is 3.55. The molecule has 27 heavy (non-hydrogen) atoms. The van der Waals surface area contributed by atoms with Crippen molar-refractivity contribution in [1.29, 1.82) is 0 Å². The highest BCUT2D eigenvalue weighted by molar-refractivity contribution is 6.06. The highest BCUT2D eigenvalue weighted by Gasteiger charge is 2.27. The fraction of sp³-hybridized carbons (Fsp3) is 0.381. The molecule has 140 valence electrons. The molecule has 1 aliphatic heterocycles. The van der Waals surface area contributed by atoms with Gasteiger partial charge in [0.2, 0.25) is 5.88 Å². The van der Waals surface area contributed by atoms with Gasteiger partial charge in [0.25, 0.3) is 5.91 Å². The Morgan fingerprint density at radius 2 is 2.07 bits per heavy atom. The van der Waals surface area contributed by atoms with Crippen LogP contribution >= 0.6 is 0 Å². The second kappa shape index (κ2) is 7.39. The summed E-state index contributed by atoms with van der Waals surface area (Å²) in [6.07, 6.45) is 4.79. The number of nitrogens with one attached hydrogen (secondary N) is 1. The third kappa shape index (κ3) is 3.27. The molecule has 1 fully saturated rings. The van der Waals surface area contributed by atoms with Crippen molar-refractivity contribution in [1.82, 2.24) is 20.1 Å². The third-order valence-corrected chi connectivity index (χ3v) is 5.45. The van der Waals surface area contributed by atoms with E-state index in [1.54, 1.807) is 13.2 Å². The first-order valence-corrected chi connectivity index (χ1v) is 9.46. The van der Waals surface area contributed by atoms with E-state index in [0.717, 1.165) is 43.3 Å². The average molecular weight is 364 g/mol. The maximum Gasteiger partial charge on any atom is 0.254 e. The fourth-order valence-electron chi connectivity index (χ4n) is 3.93. The molecular formula is C21H24N4O2. The summed E-state index contributed by atoms with van der Waals surface area (Å²) in [5.74, 6) is 0.956. The van der Waals surface area contributed by atoms with Crippen LogP contribution in [0.3, 0.4) is 0 Å². The summed E-state index contributed by atoms with van der Waals surface area (Å²) in [4.78, 5) is 19.6. The summed E-state index contributed by atoms with van der Waals surface area (Å²) in [5.41, 5.74) is 3.96. The fourth-order valence-corrected chi connectivity index (χ4v) is 3.93. The topological polar surface area (TPSA) is 71.1 Å². The summed E-state index contributed by atoms with van der Waals surface area (Å²) in [6.45, 7) is 3.63. The molecule has 1 aliphatic rings. The number of piperidine rings is 1. The normalized spacial score (nSPS) is 15.3. The summed E-state index contributed by atoms with van der Waals surface area (Å²) < 4.78 is 5.30. The van der Waals surface area contributed by atoms with Crippen LogP contribution in [0.4, 0.5) is 0 Å². The van der Waals surface area contributed by atoms with Gasteiger partial charge in [0.15, 0.2) is 0 Å². The van der Waals surface area contributed by atoms with E-state index >= 15 is 0 Å². The maximum atomic E-state index is 13.2. The van der Waals surface area contributed by atoms with Gasteiger partial charge in [-0.25, -0.2) is 4.98 Å². The van der Waals surface area contributed by atoms with E-state index in [0.29, 0.717) is 17.4 Å². The molecular weight excluding hydrogens is 340 g/mol. The van der Waals surface area contributed by atoms with Crippen LogP contribution in [0, 0.1) is 0 Å². The lowest BCUT2D eigenvalue weighted by Crippen LogP contribution is -2.38. The lowest BCUT2D eigenvalue weighted by atomic mass is 9.90. The number of hydrogen-bond donors (Lipinski definition) is 1. The molecule has 0 bridgehead atoms. The number of benzene rings is 1. The van der Waals surface area contributed by atoms with Crippen LogP contribution in [0.25, 0.3) is 10.9 Å². The second-order valence-electron chi connectivity index (χ2n) is 6.96. The van der Waals surface area contributed by atoms with Crippen molar-refractivity contribution in [3.8, 4) is 5.88 Å². The van der Waals surface area contributed by atoms with E-state index in [2.05, 4.69) is 22.1 Å². The number of aromatic nitrogens is 3. The molecule has 1 amide bonds. The number of likely N-dealkylation sites (tertiary alicyclic amines) is 1. The van der Waals surface area contributed by atoms with Crippen LogP contribution in [0.15, 0.2) is 36.5 Å². The van der Waals surface area contributed by atoms with E-state index in [4.69, 9.17) is 4.74 Å². The van der Waals surface area contributed by atoms with Crippen molar-refractivity contribution in [2.75, 3.05) is 20.2 Å². The molecule has 0 saturated carbocycles. The van der Waals surface area contributed by atoms with E-state index in [1.165, 1.54) is 11.3 Å².